The standard InChI is InChI=1S/C14H13NO4/c1-8-3-4-12(11(7-8)14(17)18)15-13(16)10-5-6-19-9(10)2/h3-7H,1-2H3,(H,15,16)(H,17,18). The molecule has 0 aliphatic heterocycles. The van der Waals surface area contributed by atoms with Crippen LogP contribution in [0.25, 0.3) is 0 Å². The summed E-state index contributed by atoms with van der Waals surface area (Å²) in [7, 11) is 0. The van der Waals surface area contributed by atoms with E-state index in [1.807, 2.05) is 0 Å². The number of aromatic carboxylic acids is 1. The van der Waals surface area contributed by atoms with Gasteiger partial charge in [0.2, 0.25) is 0 Å². The second-order valence-corrected chi connectivity index (χ2v) is 4.20. The van der Waals surface area contributed by atoms with Gasteiger partial charge in [-0.15, -0.1) is 0 Å². The fraction of sp³-hybridized carbons (Fsp3) is 0.143. The van der Waals surface area contributed by atoms with E-state index in [1.54, 1.807) is 32.0 Å². The van der Waals surface area contributed by atoms with Crippen molar-refractivity contribution in [2.24, 2.45) is 0 Å². The Labute approximate surface area is 109 Å². The van der Waals surface area contributed by atoms with Crippen molar-refractivity contribution in [1.29, 1.82) is 0 Å². The van der Waals surface area contributed by atoms with Gasteiger partial charge in [0.1, 0.15) is 5.76 Å². The summed E-state index contributed by atoms with van der Waals surface area (Å²) in [6.07, 6.45) is 1.41. The highest BCUT2D eigenvalue weighted by molar-refractivity contribution is 6.08. The molecular weight excluding hydrogens is 246 g/mol. The lowest BCUT2D eigenvalue weighted by molar-refractivity contribution is 0.0698. The van der Waals surface area contributed by atoms with E-state index in [9.17, 15) is 9.59 Å². The van der Waals surface area contributed by atoms with Gasteiger partial charge in [0.05, 0.1) is 23.1 Å². The predicted octanol–water partition coefficient (Wildman–Crippen LogP) is 2.85. The van der Waals surface area contributed by atoms with Crippen LogP contribution in [-0.4, -0.2) is 17.0 Å². The van der Waals surface area contributed by atoms with Gasteiger partial charge >= 0.3 is 5.97 Å². The van der Waals surface area contributed by atoms with E-state index in [1.165, 1.54) is 12.3 Å². The van der Waals surface area contributed by atoms with E-state index >= 15 is 0 Å². The minimum Gasteiger partial charge on any atom is -0.478 e. The number of anilines is 1. The summed E-state index contributed by atoms with van der Waals surface area (Å²) < 4.78 is 5.04. The van der Waals surface area contributed by atoms with Crippen molar-refractivity contribution in [1.82, 2.24) is 0 Å². The first-order valence-electron chi connectivity index (χ1n) is 5.68. The molecule has 2 aromatic rings. The molecule has 0 bridgehead atoms. The first kappa shape index (κ1) is 12.9. The molecule has 0 unspecified atom stereocenters. The summed E-state index contributed by atoms with van der Waals surface area (Å²) in [5.74, 6) is -0.984. The van der Waals surface area contributed by atoms with Crippen LogP contribution in [0.3, 0.4) is 0 Å². The lowest BCUT2D eigenvalue weighted by Gasteiger charge is -2.08. The average molecular weight is 259 g/mol. The average Bonchev–Trinajstić information content (AvgIpc) is 2.77. The van der Waals surface area contributed by atoms with Crippen molar-refractivity contribution in [2.45, 2.75) is 13.8 Å². The monoisotopic (exact) mass is 259 g/mol. The fourth-order valence-corrected chi connectivity index (χ4v) is 1.75. The molecular formula is C14H13NO4. The van der Waals surface area contributed by atoms with Crippen LogP contribution in [0.2, 0.25) is 0 Å². The number of carbonyl (C=O) groups excluding carboxylic acids is 1. The number of rotatable bonds is 3. The maximum Gasteiger partial charge on any atom is 0.337 e. The molecule has 0 fully saturated rings. The molecule has 0 spiro atoms. The van der Waals surface area contributed by atoms with Gasteiger partial charge in [0, 0.05) is 0 Å². The Balaban J connectivity index is 2.32. The molecule has 0 aliphatic carbocycles. The quantitative estimate of drug-likeness (QED) is 0.888. The number of amides is 1. The van der Waals surface area contributed by atoms with Crippen LogP contribution in [0.1, 0.15) is 32.0 Å². The zero-order valence-electron chi connectivity index (χ0n) is 10.6. The molecule has 1 aromatic carbocycles. The van der Waals surface area contributed by atoms with E-state index in [0.29, 0.717) is 11.3 Å². The maximum absolute atomic E-state index is 12.0. The number of aryl methyl sites for hydroxylation is 2. The first-order valence-corrected chi connectivity index (χ1v) is 5.68. The van der Waals surface area contributed by atoms with Crippen molar-refractivity contribution in [3.63, 3.8) is 0 Å². The number of carboxylic acid groups (broad SMARTS) is 1. The van der Waals surface area contributed by atoms with Gasteiger partial charge in [0.15, 0.2) is 0 Å². The Morgan fingerprint density at radius 3 is 2.47 bits per heavy atom. The summed E-state index contributed by atoms with van der Waals surface area (Å²) >= 11 is 0. The lowest BCUT2D eigenvalue weighted by atomic mass is 10.1. The third-order valence-corrected chi connectivity index (χ3v) is 2.76. The van der Waals surface area contributed by atoms with Crippen molar-refractivity contribution < 1.29 is 19.1 Å². The highest BCUT2D eigenvalue weighted by atomic mass is 16.4. The van der Waals surface area contributed by atoms with Crippen molar-refractivity contribution in [2.75, 3.05) is 5.32 Å². The Morgan fingerprint density at radius 1 is 1.16 bits per heavy atom. The molecule has 0 saturated carbocycles. The zero-order valence-corrected chi connectivity index (χ0v) is 10.6. The highest BCUT2D eigenvalue weighted by Gasteiger charge is 2.16. The molecule has 0 aliphatic rings. The summed E-state index contributed by atoms with van der Waals surface area (Å²) in [5, 5.41) is 11.7. The smallest absolute Gasteiger partial charge is 0.337 e. The van der Waals surface area contributed by atoms with E-state index in [-0.39, 0.29) is 11.3 Å². The summed E-state index contributed by atoms with van der Waals surface area (Å²) in [5.41, 5.74) is 1.53. The molecule has 0 radical (unpaired) electrons. The zero-order chi connectivity index (χ0) is 14.0. The second-order valence-electron chi connectivity index (χ2n) is 4.20. The number of hydrogen-bond acceptors (Lipinski definition) is 3. The van der Waals surface area contributed by atoms with E-state index in [4.69, 9.17) is 9.52 Å². The Hall–Kier alpha value is -2.56. The van der Waals surface area contributed by atoms with Crippen LogP contribution in [0.15, 0.2) is 34.9 Å². The van der Waals surface area contributed by atoms with Crippen LogP contribution in [-0.2, 0) is 0 Å². The molecule has 2 rings (SSSR count). The summed E-state index contributed by atoms with van der Waals surface area (Å²) in [6.45, 7) is 3.46. The third-order valence-electron chi connectivity index (χ3n) is 2.76. The number of hydrogen-bond donors (Lipinski definition) is 2. The van der Waals surface area contributed by atoms with Crippen LogP contribution in [0.4, 0.5) is 5.69 Å². The van der Waals surface area contributed by atoms with Gasteiger partial charge in [-0.2, -0.15) is 0 Å². The molecule has 0 saturated heterocycles. The molecule has 1 aromatic heterocycles. The predicted molar refractivity (Wildman–Crippen MR) is 69.5 cm³/mol. The van der Waals surface area contributed by atoms with Crippen molar-refractivity contribution in [3.05, 3.63) is 53.0 Å². The van der Waals surface area contributed by atoms with Gasteiger partial charge in [-0.05, 0) is 32.0 Å². The van der Waals surface area contributed by atoms with Gasteiger partial charge in [-0.25, -0.2) is 4.79 Å². The minimum absolute atomic E-state index is 0.0643. The number of furan rings is 1. The SMILES string of the molecule is Cc1ccc(NC(=O)c2ccoc2C)c(C(=O)O)c1. The molecule has 19 heavy (non-hydrogen) atoms. The Bertz CT molecular complexity index is 643. The van der Waals surface area contributed by atoms with Crippen molar-refractivity contribution in [3.8, 4) is 0 Å². The number of carbonyl (C=O) groups is 2. The maximum atomic E-state index is 12.0. The number of nitrogens with one attached hydrogen (secondary N) is 1. The van der Waals surface area contributed by atoms with Crippen LogP contribution in [0.5, 0.6) is 0 Å². The topological polar surface area (TPSA) is 79.5 Å². The van der Waals surface area contributed by atoms with Crippen LogP contribution in [0, 0.1) is 13.8 Å². The first-order chi connectivity index (χ1) is 8.99. The molecule has 5 heteroatoms. The largest absolute Gasteiger partial charge is 0.478 e. The Kier molecular flexibility index (Phi) is 3.37. The van der Waals surface area contributed by atoms with E-state index in [0.717, 1.165) is 5.56 Å². The highest BCUT2D eigenvalue weighted by Crippen LogP contribution is 2.19. The lowest BCUT2D eigenvalue weighted by Crippen LogP contribution is -2.15. The summed E-state index contributed by atoms with van der Waals surface area (Å²) in [6, 6.07) is 6.37. The van der Waals surface area contributed by atoms with Gasteiger partial charge in [0.25, 0.3) is 5.91 Å². The van der Waals surface area contributed by atoms with Crippen LogP contribution >= 0.6 is 0 Å². The summed E-state index contributed by atoms with van der Waals surface area (Å²) in [4.78, 5) is 23.1. The Morgan fingerprint density at radius 2 is 1.89 bits per heavy atom. The molecule has 0 atom stereocenters. The van der Waals surface area contributed by atoms with Crippen molar-refractivity contribution >= 4 is 17.6 Å². The third kappa shape index (κ3) is 2.65. The van der Waals surface area contributed by atoms with Crippen LogP contribution < -0.4 is 5.32 Å². The van der Waals surface area contributed by atoms with Gasteiger partial charge in [-0.1, -0.05) is 11.6 Å². The molecule has 1 heterocycles. The molecule has 5 nitrogen and oxygen atoms in total. The fourth-order valence-electron chi connectivity index (χ4n) is 1.75. The number of carboxylic acids is 1. The van der Waals surface area contributed by atoms with Gasteiger partial charge in [-0.3, -0.25) is 4.79 Å². The minimum atomic E-state index is -1.08. The number of benzene rings is 1. The normalized spacial score (nSPS) is 10.2. The van der Waals surface area contributed by atoms with E-state index in [2.05, 4.69) is 5.32 Å². The molecule has 1 amide bonds. The van der Waals surface area contributed by atoms with E-state index < -0.39 is 11.9 Å². The van der Waals surface area contributed by atoms with Gasteiger partial charge < -0.3 is 14.8 Å². The molecule has 98 valence electrons. The molecule has 2 N–H and O–H groups in total. The second kappa shape index (κ2) is 4.97.